The number of hydrogen-bond donors (Lipinski definition) is 1. The standard InChI is InChI=1S/C16H21FN2O3S/c17-13-3-1-5-15(9-13)19-7-2-4-14(10-19)18-16(20)12-6-8-23(21,22)11-12/h1,3,5,9,12,14H,2,4,6-8,10-11H2,(H,18,20)/t12-,14+/m1/s1. The molecular formula is C16H21FN2O3S. The predicted molar refractivity (Wildman–Crippen MR) is 86.5 cm³/mol. The fourth-order valence-electron chi connectivity index (χ4n) is 3.32. The highest BCUT2D eigenvalue weighted by molar-refractivity contribution is 7.91. The van der Waals surface area contributed by atoms with Crippen LogP contribution in [0.5, 0.6) is 0 Å². The molecule has 0 aliphatic carbocycles. The SMILES string of the molecule is O=C(N[C@H]1CCCN(c2cccc(F)c2)C1)[C@@H]1CCS(=O)(=O)C1. The second kappa shape index (κ2) is 6.47. The third-order valence-electron chi connectivity index (χ3n) is 4.54. The number of benzene rings is 1. The van der Waals surface area contributed by atoms with Crippen molar-refractivity contribution in [1.29, 1.82) is 0 Å². The first-order chi connectivity index (χ1) is 10.9. The molecule has 2 saturated heterocycles. The number of halogens is 1. The first kappa shape index (κ1) is 16.2. The summed E-state index contributed by atoms with van der Waals surface area (Å²) in [6, 6.07) is 6.41. The van der Waals surface area contributed by atoms with Crippen molar-refractivity contribution in [2.24, 2.45) is 5.92 Å². The third-order valence-corrected chi connectivity index (χ3v) is 6.31. The van der Waals surface area contributed by atoms with Gasteiger partial charge in [-0.1, -0.05) is 6.07 Å². The zero-order chi connectivity index (χ0) is 16.4. The lowest BCUT2D eigenvalue weighted by Crippen LogP contribution is -2.49. The highest BCUT2D eigenvalue weighted by Gasteiger charge is 2.34. The lowest BCUT2D eigenvalue weighted by molar-refractivity contribution is -0.125. The summed E-state index contributed by atoms with van der Waals surface area (Å²) >= 11 is 0. The van der Waals surface area contributed by atoms with E-state index in [-0.39, 0.29) is 29.3 Å². The Hall–Kier alpha value is -1.63. The molecule has 2 heterocycles. The Balaban J connectivity index is 1.60. The third kappa shape index (κ3) is 4.02. The molecular weight excluding hydrogens is 319 g/mol. The average molecular weight is 340 g/mol. The molecule has 0 aromatic heterocycles. The van der Waals surface area contributed by atoms with Crippen LogP contribution in [-0.4, -0.2) is 45.0 Å². The minimum Gasteiger partial charge on any atom is -0.369 e. The van der Waals surface area contributed by atoms with E-state index in [0.29, 0.717) is 13.0 Å². The normalized spacial score (nSPS) is 26.9. The van der Waals surface area contributed by atoms with E-state index in [1.54, 1.807) is 6.07 Å². The predicted octanol–water partition coefficient (Wildman–Crippen LogP) is 1.35. The average Bonchev–Trinajstić information content (AvgIpc) is 2.88. The molecule has 0 saturated carbocycles. The molecule has 0 unspecified atom stereocenters. The monoisotopic (exact) mass is 340 g/mol. The fourth-order valence-corrected chi connectivity index (χ4v) is 5.06. The van der Waals surface area contributed by atoms with Crippen LogP contribution in [-0.2, 0) is 14.6 Å². The van der Waals surface area contributed by atoms with E-state index in [1.165, 1.54) is 12.1 Å². The van der Waals surface area contributed by atoms with Gasteiger partial charge in [0.2, 0.25) is 5.91 Å². The summed E-state index contributed by atoms with van der Waals surface area (Å²) in [4.78, 5) is 14.3. The molecule has 0 spiro atoms. The lowest BCUT2D eigenvalue weighted by Gasteiger charge is -2.35. The van der Waals surface area contributed by atoms with Gasteiger partial charge in [0, 0.05) is 24.8 Å². The number of nitrogens with one attached hydrogen (secondary N) is 1. The van der Waals surface area contributed by atoms with Gasteiger partial charge in [-0.25, -0.2) is 12.8 Å². The van der Waals surface area contributed by atoms with Crippen LogP contribution in [0.25, 0.3) is 0 Å². The molecule has 1 aromatic carbocycles. The number of rotatable bonds is 3. The van der Waals surface area contributed by atoms with Crippen molar-refractivity contribution < 1.29 is 17.6 Å². The molecule has 23 heavy (non-hydrogen) atoms. The minimum absolute atomic E-state index is 0.0252. The summed E-state index contributed by atoms with van der Waals surface area (Å²) in [5.74, 6) is -0.809. The van der Waals surface area contributed by atoms with E-state index in [2.05, 4.69) is 10.2 Å². The minimum atomic E-state index is -3.05. The van der Waals surface area contributed by atoms with Crippen LogP contribution in [0.2, 0.25) is 0 Å². The molecule has 1 N–H and O–H groups in total. The molecule has 2 aliphatic heterocycles. The van der Waals surface area contributed by atoms with Crippen molar-refractivity contribution in [3.63, 3.8) is 0 Å². The first-order valence-electron chi connectivity index (χ1n) is 7.94. The second-order valence-electron chi connectivity index (χ2n) is 6.37. The van der Waals surface area contributed by atoms with E-state index < -0.39 is 15.8 Å². The number of sulfone groups is 1. The van der Waals surface area contributed by atoms with Gasteiger partial charge in [0.1, 0.15) is 5.82 Å². The van der Waals surface area contributed by atoms with Crippen LogP contribution in [0.3, 0.4) is 0 Å². The Bertz CT molecular complexity index is 692. The number of anilines is 1. The zero-order valence-corrected chi connectivity index (χ0v) is 13.7. The highest BCUT2D eigenvalue weighted by Crippen LogP contribution is 2.22. The van der Waals surface area contributed by atoms with Gasteiger partial charge in [-0.2, -0.15) is 0 Å². The van der Waals surface area contributed by atoms with Crippen molar-refractivity contribution >= 4 is 21.4 Å². The molecule has 1 aromatic rings. The maximum Gasteiger partial charge on any atom is 0.224 e. The Labute approximate surface area is 135 Å². The van der Waals surface area contributed by atoms with Crippen molar-refractivity contribution in [2.75, 3.05) is 29.5 Å². The number of carbonyl (C=O) groups is 1. The maximum atomic E-state index is 13.4. The Morgan fingerprint density at radius 2 is 2.13 bits per heavy atom. The molecule has 3 rings (SSSR count). The van der Waals surface area contributed by atoms with Crippen LogP contribution >= 0.6 is 0 Å². The van der Waals surface area contributed by atoms with Crippen LogP contribution < -0.4 is 10.2 Å². The van der Waals surface area contributed by atoms with Gasteiger partial charge in [-0.3, -0.25) is 4.79 Å². The summed E-state index contributed by atoms with van der Waals surface area (Å²) in [7, 11) is -3.05. The van der Waals surface area contributed by atoms with E-state index >= 15 is 0 Å². The van der Waals surface area contributed by atoms with Gasteiger partial charge in [-0.15, -0.1) is 0 Å². The van der Waals surface area contributed by atoms with Gasteiger partial charge in [0.25, 0.3) is 0 Å². The van der Waals surface area contributed by atoms with Crippen LogP contribution in [0, 0.1) is 11.7 Å². The van der Waals surface area contributed by atoms with E-state index in [1.807, 2.05) is 6.07 Å². The number of piperidine rings is 1. The molecule has 2 atom stereocenters. The summed E-state index contributed by atoms with van der Waals surface area (Å²) in [5.41, 5.74) is 0.812. The molecule has 5 nitrogen and oxygen atoms in total. The number of nitrogens with zero attached hydrogens (tertiary/aromatic N) is 1. The zero-order valence-electron chi connectivity index (χ0n) is 12.9. The van der Waals surface area contributed by atoms with Crippen molar-refractivity contribution in [3.05, 3.63) is 30.1 Å². The molecule has 2 fully saturated rings. The van der Waals surface area contributed by atoms with Crippen LogP contribution in [0.15, 0.2) is 24.3 Å². The second-order valence-corrected chi connectivity index (χ2v) is 8.60. The largest absolute Gasteiger partial charge is 0.369 e. The van der Waals surface area contributed by atoms with E-state index in [9.17, 15) is 17.6 Å². The van der Waals surface area contributed by atoms with Gasteiger partial charge in [0.05, 0.1) is 17.4 Å². The quantitative estimate of drug-likeness (QED) is 0.902. The van der Waals surface area contributed by atoms with Crippen molar-refractivity contribution in [2.45, 2.75) is 25.3 Å². The Morgan fingerprint density at radius 1 is 1.30 bits per heavy atom. The van der Waals surface area contributed by atoms with Gasteiger partial charge in [0.15, 0.2) is 9.84 Å². The molecule has 0 bridgehead atoms. The number of amides is 1. The fraction of sp³-hybridized carbons (Fsp3) is 0.562. The summed E-state index contributed by atoms with van der Waals surface area (Å²) < 4.78 is 36.3. The smallest absolute Gasteiger partial charge is 0.224 e. The van der Waals surface area contributed by atoms with Crippen molar-refractivity contribution in [3.8, 4) is 0 Å². The lowest BCUT2D eigenvalue weighted by atomic mass is 10.0. The Kier molecular flexibility index (Phi) is 4.57. The summed E-state index contributed by atoms with van der Waals surface area (Å²) in [5, 5.41) is 2.97. The molecule has 2 aliphatic rings. The summed E-state index contributed by atoms with van der Waals surface area (Å²) in [6.07, 6.45) is 2.18. The first-order valence-corrected chi connectivity index (χ1v) is 9.76. The molecule has 126 valence electrons. The highest BCUT2D eigenvalue weighted by atomic mass is 32.2. The van der Waals surface area contributed by atoms with Crippen molar-refractivity contribution in [1.82, 2.24) is 5.32 Å². The van der Waals surface area contributed by atoms with E-state index in [0.717, 1.165) is 25.1 Å². The Morgan fingerprint density at radius 3 is 2.83 bits per heavy atom. The van der Waals surface area contributed by atoms with Crippen LogP contribution in [0.4, 0.5) is 10.1 Å². The molecule has 7 heteroatoms. The van der Waals surface area contributed by atoms with Gasteiger partial charge < -0.3 is 10.2 Å². The number of hydrogen-bond acceptors (Lipinski definition) is 4. The van der Waals surface area contributed by atoms with E-state index in [4.69, 9.17) is 0 Å². The van der Waals surface area contributed by atoms with Crippen LogP contribution in [0.1, 0.15) is 19.3 Å². The topological polar surface area (TPSA) is 66.5 Å². The maximum absolute atomic E-state index is 13.4. The molecule has 0 radical (unpaired) electrons. The number of carbonyl (C=O) groups excluding carboxylic acids is 1. The van der Waals surface area contributed by atoms with Gasteiger partial charge >= 0.3 is 0 Å². The summed E-state index contributed by atoms with van der Waals surface area (Å²) in [6.45, 7) is 1.45. The van der Waals surface area contributed by atoms with Gasteiger partial charge in [-0.05, 0) is 37.5 Å². The molecule has 1 amide bonds.